The van der Waals surface area contributed by atoms with Gasteiger partial charge < -0.3 is 10.5 Å². The zero-order valence-corrected chi connectivity index (χ0v) is 16.4. The molecule has 0 radical (unpaired) electrons. The lowest BCUT2D eigenvalue weighted by Gasteiger charge is -2.37. The van der Waals surface area contributed by atoms with Crippen LogP contribution in [-0.2, 0) is 14.8 Å². The zero-order chi connectivity index (χ0) is 20.4. The number of sulfonamides is 1. The minimum Gasteiger partial charge on any atom is -0.443 e. The highest BCUT2D eigenvalue weighted by molar-refractivity contribution is 7.89. The Hall–Kier alpha value is -2.20. The highest BCUT2D eigenvalue weighted by atomic mass is 32.2. The summed E-state index contributed by atoms with van der Waals surface area (Å²) >= 11 is 0. The molecule has 0 bridgehead atoms. The van der Waals surface area contributed by atoms with Crippen LogP contribution in [-0.4, -0.2) is 41.4 Å². The molecular formula is C17H25N3O6S. The van der Waals surface area contributed by atoms with Crippen molar-refractivity contribution >= 4 is 21.8 Å². The molecule has 1 saturated carbocycles. The standard InChI is InChI=1S/C17H25N3O6S/c1-17(2,3)26-16(21)19(13-9-5-4-8-12(13)18)27(24,25)15-11-7-6-10-14(15)20(22)23/h6-7,10-13H,4-5,8-9,18H2,1-3H3. The summed E-state index contributed by atoms with van der Waals surface area (Å²) in [5.74, 6) is 0. The van der Waals surface area contributed by atoms with Crippen LogP contribution in [0.5, 0.6) is 0 Å². The van der Waals surface area contributed by atoms with Crippen molar-refractivity contribution in [1.29, 1.82) is 0 Å². The molecule has 0 spiro atoms. The lowest BCUT2D eigenvalue weighted by molar-refractivity contribution is -0.387. The summed E-state index contributed by atoms with van der Waals surface area (Å²) < 4.78 is 32.5. The number of nitrogens with zero attached hydrogens (tertiary/aromatic N) is 2. The van der Waals surface area contributed by atoms with Gasteiger partial charge in [0.2, 0.25) is 0 Å². The highest BCUT2D eigenvalue weighted by Gasteiger charge is 2.44. The predicted molar refractivity (Wildman–Crippen MR) is 98.6 cm³/mol. The second-order valence-electron chi connectivity index (χ2n) is 7.52. The van der Waals surface area contributed by atoms with Gasteiger partial charge in [0, 0.05) is 12.1 Å². The second kappa shape index (κ2) is 7.81. The molecule has 9 nitrogen and oxygen atoms in total. The van der Waals surface area contributed by atoms with Crippen LogP contribution in [0.2, 0.25) is 0 Å². The van der Waals surface area contributed by atoms with E-state index in [2.05, 4.69) is 0 Å². The molecule has 2 rings (SSSR count). The molecule has 1 aliphatic carbocycles. The average molecular weight is 399 g/mol. The van der Waals surface area contributed by atoms with E-state index in [1.807, 2.05) is 0 Å². The number of ether oxygens (including phenoxy) is 1. The topological polar surface area (TPSA) is 133 Å². The Kier molecular flexibility index (Phi) is 6.10. The van der Waals surface area contributed by atoms with Gasteiger partial charge in [-0.15, -0.1) is 0 Å². The maximum absolute atomic E-state index is 13.3. The van der Waals surface area contributed by atoms with Gasteiger partial charge in [-0.1, -0.05) is 25.0 Å². The summed E-state index contributed by atoms with van der Waals surface area (Å²) in [6.45, 7) is 4.84. The fourth-order valence-electron chi connectivity index (χ4n) is 3.08. The van der Waals surface area contributed by atoms with E-state index in [0.29, 0.717) is 23.6 Å². The third kappa shape index (κ3) is 4.75. The number of benzene rings is 1. The molecule has 2 atom stereocenters. The molecule has 0 aliphatic heterocycles. The fourth-order valence-corrected chi connectivity index (χ4v) is 4.80. The summed E-state index contributed by atoms with van der Waals surface area (Å²) in [6.07, 6.45) is 1.37. The molecule has 1 amide bonds. The highest BCUT2D eigenvalue weighted by Crippen LogP contribution is 2.32. The van der Waals surface area contributed by atoms with Gasteiger partial charge >= 0.3 is 6.09 Å². The Morgan fingerprint density at radius 2 is 1.85 bits per heavy atom. The van der Waals surface area contributed by atoms with Crippen LogP contribution >= 0.6 is 0 Å². The molecule has 1 aromatic rings. The van der Waals surface area contributed by atoms with Crippen LogP contribution in [0.15, 0.2) is 29.2 Å². The van der Waals surface area contributed by atoms with Gasteiger partial charge in [-0.2, -0.15) is 4.31 Å². The molecule has 150 valence electrons. The Balaban J connectivity index is 2.58. The number of hydrogen-bond acceptors (Lipinski definition) is 7. The summed E-state index contributed by atoms with van der Waals surface area (Å²) in [6, 6.07) is 3.54. The number of carbonyl (C=O) groups excluding carboxylic acids is 1. The summed E-state index contributed by atoms with van der Waals surface area (Å²) in [5, 5.41) is 11.3. The molecule has 0 heterocycles. The number of nitrogens with two attached hydrogens (primary N) is 1. The first-order valence-electron chi connectivity index (χ1n) is 8.71. The van der Waals surface area contributed by atoms with Crippen molar-refractivity contribution in [2.45, 2.75) is 69.0 Å². The van der Waals surface area contributed by atoms with Gasteiger partial charge in [-0.05, 0) is 39.7 Å². The van der Waals surface area contributed by atoms with Gasteiger partial charge in [0.15, 0.2) is 4.90 Å². The normalized spacial score (nSPS) is 20.7. The van der Waals surface area contributed by atoms with Gasteiger partial charge in [-0.25, -0.2) is 13.2 Å². The van der Waals surface area contributed by atoms with Crippen LogP contribution in [0.4, 0.5) is 10.5 Å². The van der Waals surface area contributed by atoms with Crippen LogP contribution in [0.25, 0.3) is 0 Å². The van der Waals surface area contributed by atoms with Crippen LogP contribution < -0.4 is 5.73 Å². The van der Waals surface area contributed by atoms with E-state index in [1.165, 1.54) is 12.1 Å². The number of nitro benzene ring substituents is 1. The Morgan fingerprint density at radius 1 is 1.26 bits per heavy atom. The molecule has 2 unspecified atom stereocenters. The quantitative estimate of drug-likeness (QED) is 0.608. The first-order valence-corrected chi connectivity index (χ1v) is 10.2. The van der Waals surface area contributed by atoms with Crippen molar-refractivity contribution in [2.24, 2.45) is 5.73 Å². The Morgan fingerprint density at radius 3 is 2.41 bits per heavy atom. The van der Waals surface area contributed by atoms with E-state index >= 15 is 0 Å². The average Bonchev–Trinajstić information content (AvgIpc) is 2.55. The maximum Gasteiger partial charge on any atom is 0.424 e. The largest absolute Gasteiger partial charge is 0.443 e. The lowest BCUT2D eigenvalue weighted by atomic mass is 9.91. The maximum atomic E-state index is 13.3. The molecule has 0 saturated heterocycles. The first kappa shape index (κ1) is 21.1. The molecular weight excluding hydrogens is 374 g/mol. The van der Waals surface area contributed by atoms with E-state index in [0.717, 1.165) is 18.6 Å². The van der Waals surface area contributed by atoms with E-state index in [4.69, 9.17) is 10.5 Å². The number of carbonyl (C=O) groups is 1. The number of para-hydroxylation sites is 1. The smallest absolute Gasteiger partial charge is 0.424 e. The first-order chi connectivity index (χ1) is 12.4. The van der Waals surface area contributed by atoms with E-state index in [-0.39, 0.29) is 0 Å². The van der Waals surface area contributed by atoms with Gasteiger partial charge in [0.05, 0.1) is 11.0 Å². The van der Waals surface area contributed by atoms with Gasteiger partial charge in [0.25, 0.3) is 15.7 Å². The fraction of sp³-hybridized carbons (Fsp3) is 0.588. The minimum atomic E-state index is -4.54. The van der Waals surface area contributed by atoms with Gasteiger partial charge in [-0.3, -0.25) is 10.1 Å². The van der Waals surface area contributed by atoms with Crippen LogP contribution in [0.3, 0.4) is 0 Å². The third-order valence-corrected chi connectivity index (χ3v) is 6.09. The second-order valence-corrected chi connectivity index (χ2v) is 9.31. The predicted octanol–water partition coefficient (Wildman–Crippen LogP) is 2.79. The van der Waals surface area contributed by atoms with Crippen molar-refractivity contribution < 1.29 is 22.9 Å². The molecule has 10 heteroatoms. The monoisotopic (exact) mass is 399 g/mol. The summed E-state index contributed by atoms with van der Waals surface area (Å²) in [4.78, 5) is 22.8. The summed E-state index contributed by atoms with van der Waals surface area (Å²) in [5.41, 5.74) is 4.57. The van der Waals surface area contributed by atoms with Crippen molar-refractivity contribution in [2.75, 3.05) is 0 Å². The van der Waals surface area contributed by atoms with E-state index in [1.54, 1.807) is 20.8 Å². The number of amides is 1. The molecule has 1 fully saturated rings. The van der Waals surface area contributed by atoms with Crippen LogP contribution in [0.1, 0.15) is 46.5 Å². The Bertz CT molecular complexity index is 818. The van der Waals surface area contributed by atoms with E-state index in [9.17, 15) is 23.3 Å². The molecule has 2 N–H and O–H groups in total. The zero-order valence-electron chi connectivity index (χ0n) is 15.6. The molecule has 0 aromatic heterocycles. The summed E-state index contributed by atoms with van der Waals surface area (Å²) in [7, 11) is -4.54. The minimum absolute atomic E-state index is 0.375. The molecule has 1 aromatic carbocycles. The molecule has 27 heavy (non-hydrogen) atoms. The number of rotatable bonds is 4. The van der Waals surface area contributed by atoms with Crippen molar-refractivity contribution in [3.05, 3.63) is 34.4 Å². The third-order valence-electron chi connectivity index (χ3n) is 4.26. The van der Waals surface area contributed by atoms with Crippen LogP contribution in [0, 0.1) is 10.1 Å². The van der Waals surface area contributed by atoms with E-state index < -0.39 is 49.3 Å². The van der Waals surface area contributed by atoms with Crippen molar-refractivity contribution in [1.82, 2.24) is 4.31 Å². The lowest BCUT2D eigenvalue weighted by Crippen LogP contribution is -2.55. The molecule has 1 aliphatic rings. The van der Waals surface area contributed by atoms with Gasteiger partial charge in [0.1, 0.15) is 5.60 Å². The van der Waals surface area contributed by atoms with Crippen molar-refractivity contribution in [3.63, 3.8) is 0 Å². The SMILES string of the molecule is CC(C)(C)OC(=O)N(C1CCCCC1N)S(=O)(=O)c1ccccc1[N+](=O)[O-]. The number of nitro groups is 1. The Labute approximate surface area is 158 Å². The van der Waals surface area contributed by atoms with Crippen molar-refractivity contribution in [3.8, 4) is 0 Å². The number of hydrogen-bond donors (Lipinski definition) is 1.